The van der Waals surface area contributed by atoms with Crippen molar-refractivity contribution in [1.82, 2.24) is 4.90 Å². The number of cyclic esters (lactones) is 1. The number of carbonyl (C=O) groups excluding carboxylic acids is 2. The number of rotatable bonds is 10. The summed E-state index contributed by atoms with van der Waals surface area (Å²) in [7, 11) is 0. The van der Waals surface area contributed by atoms with E-state index in [1.54, 1.807) is 38.1 Å². The SMILES string of the molecule is CC(C)O[C@H](C(=O)N1C(=O)OC[C@@H]1Cc1ccccc1)[C@H](O)c1cccc(OCc2ccccc2)c1. The number of benzene rings is 3. The third kappa shape index (κ3) is 6.30. The summed E-state index contributed by atoms with van der Waals surface area (Å²) >= 11 is 0. The van der Waals surface area contributed by atoms with E-state index in [9.17, 15) is 14.7 Å². The topological polar surface area (TPSA) is 85.3 Å². The second-order valence-electron chi connectivity index (χ2n) is 9.03. The zero-order chi connectivity index (χ0) is 25.5. The largest absolute Gasteiger partial charge is 0.489 e. The van der Waals surface area contributed by atoms with Gasteiger partial charge in [0.1, 0.15) is 25.1 Å². The summed E-state index contributed by atoms with van der Waals surface area (Å²) in [4.78, 5) is 27.3. The number of hydrogen-bond donors (Lipinski definition) is 1. The average molecular weight is 490 g/mol. The lowest BCUT2D eigenvalue weighted by atomic mass is 10.0. The molecular weight excluding hydrogens is 458 g/mol. The fraction of sp³-hybridized carbons (Fsp3) is 0.310. The van der Waals surface area contributed by atoms with Crippen LogP contribution in [-0.4, -0.2) is 46.9 Å². The van der Waals surface area contributed by atoms with Gasteiger partial charge in [0.15, 0.2) is 6.10 Å². The predicted octanol–water partition coefficient (Wildman–Crippen LogP) is 4.68. The number of ether oxygens (including phenoxy) is 3. The van der Waals surface area contributed by atoms with Gasteiger partial charge in [-0.1, -0.05) is 72.8 Å². The molecule has 0 radical (unpaired) electrons. The van der Waals surface area contributed by atoms with Crippen molar-refractivity contribution in [2.75, 3.05) is 6.61 Å². The molecule has 1 aliphatic heterocycles. The van der Waals surface area contributed by atoms with Crippen molar-refractivity contribution in [3.05, 3.63) is 102 Å². The number of aliphatic hydroxyl groups is 1. The van der Waals surface area contributed by atoms with Crippen molar-refractivity contribution in [2.24, 2.45) is 0 Å². The van der Waals surface area contributed by atoms with E-state index in [-0.39, 0.29) is 12.7 Å². The zero-order valence-electron chi connectivity index (χ0n) is 20.4. The fourth-order valence-electron chi connectivity index (χ4n) is 4.17. The maximum Gasteiger partial charge on any atom is 0.417 e. The lowest BCUT2D eigenvalue weighted by molar-refractivity contribution is -0.154. The van der Waals surface area contributed by atoms with Gasteiger partial charge in [-0.25, -0.2) is 9.69 Å². The monoisotopic (exact) mass is 489 g/mol. The van der Waals surface area contributed by atoms with Gasteiger partial charge >= 0.3 is 6.09 Å². The van der Waals surface area contributed by atoms with E-state index in [0.29, 0.717) is 24.3 Å². The molecule has 1 aliphatic rings. The third-order valence-electron chi connectivity index (χ3n) is 5.91. The highest BCUT2D eigenvalue weighted by atomic mass is 16.6. The van der Waals surface area contributed by atoms with Crippen molar-refractivity contribution in [3.8, 4) is 5.75 Å². The van der Waals surface area contributed by atoms with Crippen LogP contribution in [0.15, 0.2) is 84.9 Å². The Kier molecular flexibility index (Phi) is 8.36. The van der Waals surface area contributed by atoms with Crippen LogP contribution in [0.2, 0.25) is 0 Å². The highest BCUT2D eigenvalue weighted by molar-refractivity contribution is 5.96. The standard InChI is InChI=1S/C29H31NO6/c1-20(2)36-27(28(32)30-24(19-35-29(30)33)16-21-10-5-3-6-11-21)26(31)23-14-9-15-25(17-23)34-18-22-12-7-4-8-13-22/h3-15,17,20,24,26-27,31H,16,18-19H2,1-2H3/t24-,26+,27-/m0/s1. The van der Waals surface area contributed by atoms with Crippen LogP contribution in [0, 0.1) is 0 Å². The maximum atomic E-state index is 13.6. The van der Waals surface area contributed by atoms with E-state index < -0.39 is 30.3 Å². The van der Waals surface area contributed by atoms with E-state index in [0.717, 1.165) is 16.0 Å². The molecule has 1 heterocycles. The van der Waals surface area contributed by atoms with Crippen molar-refractivity contribution in [2.45, 2.75) is 51.2 Å². The first-order valence-electron chi connectivity index (χ1n) is 12.1. The van der Waals surface area contributed by atoms with Gasteiger partial charge in [0.05, 0.1) is 12.1 Å². The van der Waals surface area contributed by atoms with Crippen LogP contribution in [0.4, 0.5) is 4.79 Å². The Morgan fingerprint density at radius 1 is 1.00 bits per heavy atom. The van der Waals surface area contributed by atoms with Gasteiger partial charge in [-0.15, -0.1) is 0 Å². The fourth-order valence-corrected chi connectivity index (χ4v) is 4.17. The van der Waals surface area contributed by atoms with E-state index in [1.807, 2.05) is 60.7 Å². The first-order chi connectivity index (χ1) is 17.4. The van der Waals surface area contributed by atoms with Gasteiger partial charge in [0, 0.05) is 0 Å². The predicted molar refractivity (Wildman–Crippen MR) is 134 cm³/mol. The summed E-state index contributed by atoms with van der Waals surface area (Å²) in [5.41, 5.74) is 2.44. The Morgan fingerprint density at radius 2 is 1.67 bits per heavy atom. The number of imide groups is 1. The molecule has 1 N–H and O–H groups in total. The van der Waals surface area contributed by atoms with Crippen molar-refractivity contribution >= 4 is 12.0 Å². The van der Waals surface area contributed by atoms with Gasteiger partial charge in [-0.05, 0) is 49.1 Å². The number of carbonyl (C=O) groups is 2. The molecule has 36 heavy (non-hydrogen) atoms. The van der Waals surface area contributed by atoms with Crippen LogP contribution in [0.25, 0.3) is 0 Å². The van der Waals surface area contributed by atoms with Crippen molar-refractivity contribution in [3.63, 3.8) is 0 Å². The minimum absolute atomic E-state index is 0.0901. The second-order valence-corrected chi connectivity index (χ2v) is 9.03. The Labute approximate surface area is 211 Å². The Balaban J connectivity index is 1.52. The van der Waals surface area contributed by atoms with Crippen LogP contribution >= 0.6 is 0 Å². The summed E-state index contributed by atoms with van der Waals surface area (Å²) in [5, 5.41) is 11.3. The van der Waals surface area contributed by atoms with Crippen LogP contribution in [-0.2, 0) is 27.3 Å². The van der Waals surface area contributed by atoms with E-state index in [4.69, 9.17) is 14.2 Å². The molecule has 0 aromatic heterocycles. The highest BCUT2D eigenvalue weighted by Gasteiger charge is 2.44. The number of nitrogens with zero attached hydrogens (tertiary/aromatic N) is 1. The van der Waals surface area contributed by atoms with Gasteiger partial charge < -0.3 is 19.3 Å². The molecule has 2 amide bonds. The molecule has 0 aliphatic carbocycles. The third-order valence-corrected chi connectivity index (χ3v) is 5.91. The van der Waals surface area contributed by atoms with Crippen molar-refractivity contribution < 1.29 is 28.9 Å². The van der Waals surface area contributed by atoms with Crippen LogP contribution in [0.5, 0.6) is 5.75 Å². The Morgan fingerprint density at radius 3 is 2.33 bits per heavy atom. The Bertz CT molecular complexity index is 1150. The molecule has 0 saturated carbocycles. The molecule has 0 unspecified atom stereocenters. The summed E-state index contributed by atoms with van der Waals surface area (Å²) in [6.07, 6.45) is -3.25. The smallest absolute Gasteiger partial charge is 0.417 e. The Hall–Kier alpha value is -3.68. The zero-order valence-corrected chi connectivity index (χ0v) is 20.4. The molecule has 7 heteroatoms. The van der Waals surface area contributed by atoms with E-state index in [1.165, 1.54) is 0 Å². The van der Waals surface area contributed by atoms with Gasteiger partial charge in [0.25, 0.3) is 5.91 Å². The maximum absolute atomic E-state index is 13.6. The van der Waals surface area contributed by atoms with Gasteiger partial charge in [-0.2, -0.15) is 0 Å². The molecule has 0 spiro atoms. The molecule has 0 bridgehead atoms. The molecule has 3 aromatic rings. The lowest BCUT2D eigenvalue weighted by Crippen LogP contribution is -2.49. The quantitative estimate of drug-likeness (QED) is 0.445. The van der Waals surface area contributed by atoms with Gasteiger partial charge in [0.2, 0.25) is 0 Å². The van der Waals surface area contributed by atoms with Gasteiger partial charge in [-0.3, -0.25) is 4.79 Å². The summed E-state index contributed by atoms with van der Waals surface area (Å²) in [6.45, 7) is 4.01. The van der Waals surface area contributed by atoms with Crippen molar-refractivity contribution in [1.29, 1.82) is 0 Å². The molecule has 3 atom stereocenters. The molecule has 1 saturated heterocycles. The minimum Gasteiger partial charge on any atom is -0.489 e. The average Bonchev–Trinajstić information content (AvgIpc) is 3.26. The molecular formula is C29H31NO6. The summed E-state index contributed by atoms with van der Waals surface area (Å²) in [6, 6.07) is 25.7. The molecule has 188 valence electrons. The highest BCUT2D eigenvalue weighted by Crippen LogP contribution is 2.28. The molecule has 7 nitrogen and oxygen atoms in total. The molecule has 1 fully saturated rings. The number of amides is 2. The summed E-state index contributed by atoms with van der Waals surface area (Å²) < 4.78 is 17.0. The first kappa shape index (κ1) is 25.4. The molecule has 3 aromatic carbocycles. The van der Waals surface area contributed by atoms with E-state index >= 15 is 0 Å². The molecule has 4 rings (SSSR count). The second kappa shape index (κ2) is 11.8. The van der Waals surface area contributed by atoms with Crippen LogP contribution in [0.1, 0.15) is 36.6 Å². The normalized spacial score (nSPS) is 17.1. The van der Waals surface area contributed by atoms with Crippen LogP contribution < -0.4 is 4.74 Å². The van der Waals surface area contributed by atoms with E-state index in [2.05, 4.69) is 0 Å². The van der Waals surface area contributed by atoms with Crippen LogP contribution in [0.3, 0.4) is 0 Å². The summed E-state index contributed by atoms with van der Waals surface area (Å²) in [5.74, 6) is -0.0797. The minimum atomic E-state index is -1.31. The first-order valence-corrected chi connectivity index (χ1v) is 12.1. The lowest BCUT2D eigenvalue weighted by Gasteiger charge is -2.29. The number of aliphatic hydroxyl groups excluding tert-OH is 1. The number of hydrogen-bond acceptors (Lipinski definition) is 6.